The molecule has 1 N–H and O–H groups in total. The second kappa shape index (κ2) is 5.80. The molecule has 17 heavy (non-hydrogen) atoms. The van der Waals surface area contributed by atoms with E-state index >= 15 is 0 Å². The molecule has 3 atom stereocenters. The molecule has 0 bridgehead atoms. The van der Waals surface area contributed by atoms with E-state index in [0.29, 0.717) is 13.1 Å². The number of nitrogens with zero attached hydrogens (tertiary/aromatic N) is 1. The van der Waals surface area contributed by atoms with Gasteiger partial charge in [0.15, 0.2) is 0 Å². The van der Waals surface area contributed by atoms with Gasteiger partial charge in [0.2, 0.25) is 5.91 Å². The molecular weight excluding hydrogens is 220 g/mol. The van der Waals surface area contributed by atoms with E-state index in [2.05, 4.69) is 5.32 Å². The first-order valence-electron chi connectivity index (χ1n) is 6.31. The monoisotopic (exact) mass is 242 g/mol. The Balaban J connectivity index is 1.92. The summed E-state index contributed by atoms with van der Waals surface area (Å²) < 4.78 is 10.7. The molecule has 0 spiro atoms. The van der Waals surface area contributed by atoms with Crippen molar-refractivity contribution >= 4 is 5.91 Å². The number of likely N-dealkylation sites (tertiary alicyclic amines) is 1. The Morgan fingerprint density at radius 3 is 2.35 bits per heavy atom. The van der Waals surface area contributed by atoms with Gasteiger partial charge in [-0.3, -0.25) is 4.79 Å². The number of hydrogen-bond acceptors (Lipinski definition) is 4. The van der Waals surface area contributed by atoms with Crippen molar-refractivity contribution in [2.75, 3.05) is 40.4 Å². The average molecular weight is 242 g/mol. The molecule has 2 saturated heterocycles. The molecule has 0 unspecified atom stereocenters. The molecule has 0 aliphatic carbocycles. The summed E-state index contributed by atoms with van der Waals surface area (Å²) >= 11 is 0. The lowest BCUT2D eigenvalue weighted by Gasteiger charge is -2.26. The van der Waals surface area contributed by atoms with Crippen LogP contribution in [0.15, 0.2) is 0 Å². The second-order valence-corrected chi connectivity index (χ2v) is 4.83. The molecule has 2 aliphatic heterocycles. The number of nitrogens with one attached hydrogen (secondary N) is 1. The molecule has 0 aromatic carbocycles. The third kappa shape index (κ3) is 2.78. The highest BCUT2D eigenvalue weighted by Gasteiger charge is 2.37. The van der Waals surface area contributed by atoms with Gasteiger partial charge in [0.1, 0.15) is 12.2 Å². The molecule has 1 amide bonds. The topological polar surface area (TPSA) is 50.8 Å². The smallest absolute Gasteiger partial charge is 0.227 e. The van der Waals surface area contributed by atoms with Crippen LogP contribution >= 0.6 is 0 Å². The van der Waals surface area contributed by atoms with Gasteiger partial charge >= 0.3 is 0 Å². The van der Waals surface area contributed by atoms with Gasteiger partial charge in [0, 0.05) is 33.9 Å². The fourth-order valence-electron chi connectivity index (χ4n) is 2.70. The van der Waals surface area contributed by atoms with E-state index in [-0.39, 0.29) is 24.0 Å². The van der Waals surface area contributed by atoms with Crippen LogP contribution in [0.4, 0.5) is 0 Å². The number of ether oxygens (including phenoxy) is 2. The van der Waals surface area contributed by atoms with E-state index in [0.717, 1.165) is 25.9 Å². The van der Waals surface area contributed by atoms with Crippen molar-refractivity contribution < 1.29 is 14.3 Å². The van der Waals surface area contributed by atoms with E-state index in [1.165, 1.54) is 0 Å². The minimum absolute atomic E-state index is 0.0144. The molecule has 2 rings (SSSR count). The van der Waals surface area contributed by atoms with Crippen molar-refractivity contribution in [3.05, 3.63) is 0 Å². The summed E-state index contributed by atoms with van der Waals surface area (Å²) in [7, 11) is 3.35. The normalized spacial score (nSPS) is 34.0. The first-order valence-corrected chi connectivity index (χ1v) is 6.31. The van der Waals surface area contributed by atoms with Crippen LogP contribution in [0.1, 0.15) is 12.8 Å². The van der Waals surface area contributed by atoms with E-state index in [1.807, 2.05) is 4.90 Å². The molecule has 98 valence electrons. The second-order valence-electron chi connectivity index (χ2n) is 4.83. The van der Waals surface area contributed by atoms with Crippen LogP contribution in [0.25, 0.3) is 0 Å². The number of carbonyl (C=O) groups excluding carboxylic acids is 1. The SMILES string of the molecule is CO[C@H]1CN(C(=O)[C@H]2CCCNC2)C[C@H]1OC. The maximum absolute atomic E-state index is 12.3. The largest absolute Gasteiger partial charge is 0.377 e. The predicted octanol–water partition coefficient (Wildman–Crippen LogP) is -0.142. The molecule has 5 nitrogen and oxygen atoms in total. The fraction of sp³-hybridized carbons (Fsp3) is 0.917. The van der Waals surface area contributed by atoms with Gasteiger partial charge < -0.3 is 19.7 Å². The van der Waals surface area contributed by atoms with Gasteiger partial charge in [0.05, 0.1) is 5.92 Å². The summed E-state index contributed by atoms with van der Waals surface area (Å²) in [5.41, 5.74) is 0. The van der Waals surface area contributed by atoms with E-state index in [1.54, 1.807) is 14.2 Å². The van der Waals surface area contributed by atoms with E-state index in [4.69, 9.17) is 9.47 Å². The maximum atomic E-state index is 12.3. The highest BCUT2D eigenvalue weighted by molar-refractivity contribution is 5.79. The first kappa shape index (κ1) is 12.8. The van der Waals surface area contributed by atoms with Gasteiger partial charge in [-0.1, -0.05) is 0 Å². The quantitative estimate of drug-likeness (QED) is 0.748. The summed E-state index contributed by atoms with van der Waals surface area (Å²) in [5.74, 6) is 0.385. The Morgan fingerprint density at radius 2 is 1.88 bits per heavy atom. The lowest BCUT2D eigenvalue weighted by Crippen LogP contribution is -2.42. The third-order valence-electron chi connectivity index (χ3n) is 3.78. The van der Waals surface area contributed by atoms with Crippen LogP contribution in [-0.2, 0) is 14.3 Å². The van der Waals surface area contributed by atoms with Crippen molar-refractivity contribution in [2.45, 2.75) is 25.0 Å². The summed E-state index contributed by atoms with van der Waals surface area (Å²) in [5, 5.41) is 3.28. The fourth-order valence-corrected chi connectivity index (χ4v) is 2.70. The molecule has 2 aliphatic rings. The number of piperidine rings is 1. The third-order valence-corrected chi connectivity index (χ3v) is 3.78. The zero-order valence-electron chi connectivity index (χ0n) is 10.6. The van der Waals surface area contributed by atoms with Crippen molar-refractivity contribution in [1.29, 1.82) is 0 Å². The van der Waals surface area contributed by atoms with Crippen LogP contribution in [0.3, 0.4) is 0 Å². The van der Waals surface area contributed by atoms with Crippen LogP contribution in [0.2, 0.25) is 0 Å². The number of carbonyl (C=O) groups is 1. The lowest BCUT2D eigenvalue weighted by atomic mass is 9.98. The minimum Gasteiger partial charge on any atom is -0.377 e. The Hall–Kier alpha value is -0.650. The zero-order valence-corrected chi connectivity index (χ0v) is 10.6. The summed E-state index contributed by atoms with van der Waals surface area (Å²) in [4.78, 5) is 14.2. The standard InChI is InChI=1S/C12H22N2O3/c1-16-10-7-14(8-11(10)17-2)12(15)9-4-3-5-13-6-9/h9-11,13H,3-8H2,1-2H3/t9-,10-,11+/m0/s1. The minimum atomic E-state index is 0.0144. The van der Waals surface area contributed by atoms with Crippen LogP contribution in [-0.4, -0.2) is 63.4 Å². The summed E-state index contributed by atoms with van der Waals surface area (Å²) in [6.07, 6.45) is 2.12. The Labute approximate surface area is 102 Å². The molecular formula is C12H22N2O3. The Kier molecular flexibility index (Phi) is 4.36. The lowest BCUT2D eigenvalue weighted by molar-refractivity contribution is -0.135. The summed E-state index contributed by atoms with van der Waals surface area (Å²) in [6, 6.07) is 0. The van der Waals surface area contributed by atoms with Gasteiger partial charge in [-0.15, -0.1) is 0 Å². The molecule has 2 fully saturated rings. The highest BCUT2D eigenvalue weighted by atomic mass is 16.5. The van der Waals surface area contributed by atoms with Crippen LogP contribution < -0.4 is 5.32 Å². The Morgan fingerprint density at radius 1 is 1.24 bits per heavy atom. The van der Waals surface area contributed by atoms with E-state index < -0.39 is 0 Å². The number of amides is 1. The van der Waals surface area contributed by atoms with Crippen molar-refractivity contribution in [1.82, 2.24) is 10.2 Å². The zero-order chi connectivity index (χ0) is 12.3. The molecule has 0 saturated carbocycles. The predicted molar refractivity (Wildman–Crippen MR) is 63.8 cm³/mol. The van der Waals surface area contributed by atoms with Crippen molar-refractivity contribution in [2.24, 2.45) is 5.92 Å². The maximum Gasteiger partial charge on any atom is 0.227 e. The van der Waals surface area contributed by atoms with Gasteiger partial charge in [-0.05, 0) is 19.4 Å². The van der Waals surface area contributed by atoms with Crippen molar-refractivity contribution in [3.8, 4) is 0 Å². The molecule has 0 aromatic rings. The molecule has 2 heterocycles. The molecule has 5 heteroatoms. The average Bonchev–Trinajstić information content (AvgIpc) is 2.82. The number of hydrogen-bond donors (Lipinski definition) is 1. The number of rotatable bonds is 3. The summed E-state index contributed by atoms with van der Waals surface area (Å²) in [6.45, 7) is 3.16. The van der Waals surface area contributed by atoms with Crippen molar-refractivity contribution in [3.63, 3.8) is 0 Å². The van der Waals surface area contributed by atoms with Gasteiger partial charge in [-0.2, -0.15) is 0 Å². The van der Waals surface area contributed by atoms with E-state index in [9.17, 15) is 4.79 Å². The molecule has 0 radical (unpaired) electrons. The molecule has 0 aromatic heterocycles. The van der Waals surface area contributed by atoms with Crippen LogP contribution in [0.5, 0.6) is 0 Å². The van der Waals surface area contributed by atoms with Crippen LogP contribution in [0, 0.1) is 5.92 Å². The Bertz CT molecular complexity index is 254. The van der Waals surface area contributed by atoms with Gasteiger partial charge in [0.25, 0.3) is 0 Å². The first-order chi connectivity index (χ1) is 8.26. The number of methoxy groups -OCH3 is 2. The highest BCUT2D eigenvalue weighted by Crippen LogP contribution is 2.20. The van der Waals surface area contributed by atoms with Gasteiger partial charge in [-0.25, -0.2) is 0 Å².